The number of rotatable bonds is 9. The average Bonchev–Trinajstić information content (AvgIpc) is 2.68. The number of hydrogen-bond acceptors (Lipinski definition) is 3. The van der Waals surface area contributed by atoms with Crippen LogP contribution in [-0.4, -0.2) is 35.1 Å². The fourth-order valence-corrected chi connectivity index (χ4v) is 3.85. The highest BCUT2D eigenvalue weighted by Gasteiger charge is 2.25. The van der Waals surface area contributed by atoms with E-state index in [1.54, 1.807) is 23.6 Å². The fourth-order valence-electron chi connectivity index (χ4n) is 2.71. The van der Waals surface area contributed by atoms with Crippen molar-refractivity contribution in [2.45, 2.75) is 39.1 Å². The smallest absolute Gasteiger partial charge is 0.242 e. The Bertz CT molecular complexity index is 778. The third-order valence-corrected chi connectivity index (χ3v) is 5.92. The summed E-state index contributed by atoms with van der Waals surface area (Å²) in [6.07, 6.45) is 0. The second-order valence-corrected chi connectivity index (χ2v) is 8.60. The van der Waals surface area contributed by atoms with Gasteiger partial charge < -0.3 is 10.2 Å². The van der Waals surface area contributed by atoms with Gasteiger partial charge in [-0.05, 0) is 44.0 Å². The van der Waals surface area contributed by atoms with Crippen molar-refractivity contribution in [1.29, 1.82) is 0 Å². The summed E-state index contributed by atoms with van der Waals surface area (Å²) in [6.45, 7) is 6.67. The SMILES string of the molecule is CCNC(=O)[C@H](C)N(Cc1ccc(C)cc1)C(=O)CSCc1ccc(Br)cc1. The fraction of sp³-hybridized carbons (Fsp3) is 0.364. The van der Waals surface area contributed by atoms with Gasteiger partial charge in [-0.15, -0.1) is 11.8 Å². The first-order valence-corrected chi connectivity index (χ1v) is 11.3. The number of nitrogens with one attached hydrogen (secondary N) is 1. The molecule has 28 heavy (non-hydrogen) atoms. The molecule has 0 saturated heterocycles. The molecule has 0 saturated carbocycles. The van der Waals surface area contributed by atoms with E-state index in [0.29, 0.717) is 18.8 Å². The van der Waals surface area contributed by atoms with Crippen LogP contribution in [0.1, 0.15) is 30.5 Å². The number of carbonyl (C=O) groups is 2. The van der Waals surface area contributed by atoms with Crippen LogP contribution in [0.15, 0.2) is 53.0 Å². The summed E-state index contributed by atoms with van der Waals surface area (Å²) >= 11 is 4.99. The van der Waals surface area contributed by atoms with Crippen LogP contribution in [0.4, 0.5) is 0 Å². The van der Waals surface area contributed by atoms with E-state index >= 15 is 0 Å². The molecule has 2 aromatic carbocycles. The highest BCUT2D eigenvalue weighted by Crippen LogP contribution is 2.18. The molecule has 0 aliphatic rings. The number of carbonyl (C=O) groups excluding carboxylic acids is 2. The lowest BCUT2D eigenvalue weighted by molar-refractivity contribution is -0.138. The van der Waals surface area contributed by atoms with E-state index < -0.39 is 6.04 Å². The summed E-state index contributed by atoms with van der Waals surface area (Å²) in [5, 5.41) is 2.82. The molecule has 6 heteroatoms. The molecule has 0 heterocycles. The summed E-state index contributed by atoms with van der Waals surface area (Å²) in [5.74, 6) is 0.945. The predicted octanol–water partition coefficient (Wildman–Crippen LogP) is 4.54. The van der Waals surface area contributed by atoms with Gasteiger partial charge in [0.1, 0.15) is 6.04 Å². The van der Waals surface area contributed by atoms with Crippen molar-refractivity contribution in [2.24, 2.45) is 0 Å². The number of benzene rings is 2. The van der Waals surface area contributed by atoms with Crippen molar-refractivity contribution in [1.82, 2.24) is 10.2 Å². The van der Waals surface area contributed by atoms with E-state index in [0.717, 1.165) is 15.8 Å². The van der Waals surface area contributed by atoms with Crippen LogP contribution in [0.5, 0.6) is 0 Å². The molecule has 0 aliphatic carbocycles. The van der Waals surface area contributed by atoms with Gasteiger partial charge in [-0.1, -0.05) is 57.9 Å². The van der Waals surface area contributed by atoms with E-state index in [9.17, 15) is 9.59 Å². The van der Waals surface area contributed by atoms with Gasteiger partial charge in [-0.25, -0.2) is 0 Å². The molecule has 0 fully saturated rings. The molecule has 1 atom stereocenters. The average molecular weight is 463 g/mol. The topological polar surface area (TPSA) is 49.4 Å². The van der Waals surface area contributed by atoms with Crippen LogP contribution < -0.4 is 5.32 Å². The molecule has 2 rings (SSSR count). The molecular formula is C22H27BrN2O2S. The van der Waals surface area contributed by atoms with Gasteiger partial charge in [0.05, 0.1) is 5.75 Å². The van der Waals surface area contributed by atoms with Crippen molar-refractivity contribution in [2.75, 3.05) is 12.3 Å². The number of aryl methyl sites for hydroxylation is 1. The van der Waals surface area contributed by atoms with Gasteiger partial charge in [0, 0.05) is 23.3 Å². The molecule has 0 aliphatic heterocycles. The zero-order chi connectivity index (χ0) is 20.5. The summed E-state index contributed by atoms with van der Waals surface area (Å²) in [5.41, 5.74) is 3.36. The van der Waals surface area contributed by atoms with Crippen molar-refractivity contribution in [3.05, 3.63) is 69.7 Å². The molecule has 0 bridgehead atoms. The van der Waals surface area contributed by atoms with Gasteiger partial charge in [0.2, 0.25) is 11.8 Å². The Balaban J connectivity index is 2.03. The van der Waals surface area contributed by atoms with Gasteiger partial charge in [-0.3, -0.25) is 9.59 Å². The molecule has 150 valence electrons. The van der Waals surface area contributed by atoms with E-state index in [1.807, 2.05) is 62.4 Å². The molecular weight excluding hydrogens is 436 g/mol. The summed E-state index contributed by atoms with van der Waals surface area (Å²) < 4.78 is 1.04. The Morgan fingerprint density at radius 3 is 2.29 bits per heavy atom. The van der Waals surface area contributed by atoms with Crippen LogP contribution in [0.2, 0.25) is 0 Å². The van der Waals surface area contributed by atoms with Crippen molar-refractivity contribution < 1.29 is 9.59 Å². The summed E-state index contributed by atoms with van der Waals surface area (Å²) in [7, 11) is 0. The Morgan fingerprint density at radius 2 is 1.68 bits per heavy atom. The lowest BCUT2D eigenvalue weighted by atomic mass is 10.1. The van der Waals surface area contributed by atoms with Gasteiger partial charge in [0.25, 0.3) is 0 Å². The summed E-state index contributed by atoms with van der Waals surface area (Å²) in [6, 6.07) is 15.6. The minimum absolute atomic E-state index is 0.0264. The largest absolute Gasteiger partial charge is 0.355 e. The third kappa shape index (κ3) is 6.99. The lowest BCUT2D eigenvalue weighted by Gasteiger charge is -2.28. The number of nitrogens with zero attached hydrogens (tertiary/aromatic N) is 1. The Labute approximate surface area is 180 Å². The Hall–Kier alpha value is -1.79. The minimum atomic E-state index is -0.512. The zero-order valence-corrected chi connectivity index (χ0v) is 19.0. The molecule has 4 nitrogen and oxygen atoms in total. The highest BCUT2D eigenvalue weighted by atomic mass is 79.9. The standard InChI is InChI=1S/C22H27BrN2O2S/c1-4-24-22(27)17(3)25(13-18-7-5-16(2)6-8-18)21(26)15-28-14-19-9-11-20(23)12-10-19/h5-12,17H,4,13-15H2,1-3H3,(H,24,27)/t17-/m0/s1. The normalized spacial score (nSPS) is 11.7. The molecule has 2 aromatic rings. The minimum Gasteiger partial charge on any atom is -0.355 e. The monoisotopic (exact) mass is 462 g/mol. The maximum absolute atomic E-state index is 12.9. The summed E-state index contributed by atoms with van der Waals surface area (Å²) in [4.78, 5) is 26.9. The molecule has 2 amide bonds. The number of likely N-dealkylation sites (N-methyl/N-ethyl adjacent to an activating group) is 1. The van der Waals surface area contributed by atoms with Gasteiger partial charge >= 0.3 is 0 Å². The maximum Gasteiger partial charge on any atom is 0.242 e. The number of amides is 2. The van der Waals surface area contributed by atoms with Crippen LogP contribution in [-0.2, 0) is 21.9 Å². The van der Waals surface area contributed by atoms with Gasteiger partial charge in [0.15, 0.2) is 0 Å². The van der Waals surface area contributed by atoms with Crippen molar-refractivity contribution in [3.8, 4) is 0 Å². The van der Waals surface area contributed by atoms with Gasteiger partial charge in [-0.2, -0.15) is 0 Å². The number of hydrogen-bond donors (Lipinski definition) is 1. The van der Waals surface area contributed by atoms with Crippen LogP contribution in [0, 0.1) is 6.92 Å². The third-order valence-electron chi connectivity index (χ3n) is 4.40. The Morgan fingerprint density at radius 1 is 1.07 bits per heavy atom. The van der Waals surface area contributed by atoms with Crippen LogP contribution >= 0.6 is 27.7 Å². The molecule has 0 aromatic heterocycles. The van der Waals surface area contributed by atoms with E-state index in [4.69, 9.17) is 0 Å². The van der Waals surface area contributed by atoms with E-state index in [2.05, 4.69) is 21.2 Å². The van der Waals surface area contributed by atoms with E-state index in [1.165, 1.54) is 11.1 Å². The zero-order valence-electron chi connectivity index (χ0n) is 16.6. The highest BCUT2D eigenvalue weighted by molar-refractivity contribution is 9.10. The van der Waals surface area contributed by atoms with Crippen molar-refractivity contribution >= 4 is 39.5 Å². The first kappa shape index (κ1) is 22.5. The van der Waals surface area contributed by atoms with Crippen LogP contribution in [0.3, 0.4) is 0 Å². The second-order valence-electron chi connectivity index (χ2n) is 6.70. The quantitative estimate of drug-likeness (QED) is 0.594. The molecule has 0 unspecified atom stereocenters. The first-order chi connectivity index (χ1) is 13.4. The second kappa shape index (κ2) is 11.3. The molecule has 0 radical (unpaired) electrons. The number of halogens is 1. The Kier molecular flexibility index (Phi) is 9.06. The molecule has 1 N–H and O–H groups in total. The maximum atomic E-state index is 12.9. The van der Waals surface area contributed by atoms with Crippen LogP contribution in [0.25, 0.3) is 0 Å². The van der Waals surface area contributed by atoms with E-state index in [-0.39, 0.29) is 11.8 Å². The predicted molar refractivity (Wildman–Crippen MR) is 120 cm³/mol. The lowest BCUT2D eigenvalue weighted by Crippen LogP contribution is -2.48. The van der Waals surface area contributed by atoms with Crippen molar-refractivity contribution in [3.63, 3.8) is 0 Å². The first-order valence-electron chi connectivity index (χ1n) is 9.35. The molecule has 0 spiro atoms. The number of thioether (sulfide) groups is 1.